The van der Waals surface area contributed by atoms with Crippen LogP contribution in [0.15, 0.2) is 48.5 Å². The number of carboxylic acid groups (broad SMARTS) is 1. The molecule has 1 saturated heterocycles. The van der Waals surface area contributed by atoms with Gasteiger partial charge in [0.05, 0.1) is 5.56 Å². The van der Waals surface area contributed by atoms with E-state index in [9.17, 15) is 9.18 Å². The molecule has 1 N–H and O–H groups in total. The van der Waals surface area contributed by atoms with Crippen LogP contribution in [0.4, 0.5) is 4.39 Å². The Kier molecular flexibility index (Phi) is 5.79. The third-order valence-corrected chi connectivity index (χ3v) is 4.58. The summed E-state index contributed by atoms with van der Waals surface area (Å²) in [6, 6.07) is 13.9. The van der Waals surface area contributed by atoms with E-state index in [1.165, 1.54) is 12.1 Å². The van der Waals surface area contributed by atoms with Gasteiger partial charge >= 0.3 is 5.97 Å². The maximum absolute atomic E-state index is 13.0. The predicted octanol–water partition coefficient (Wildman–Crippen LogP) is 3.23. The van der Waals surface area contributed by atoms with Gasteiger partial charge in [-0.05, 0) is 54.9 Å². The zero-order chi connectivity index (χ0) is 17.6. The standard InChI is InChI=1S/C20H23FN2O2/c21-19-7-5-16(6-8-19)14-22-9-2-10-23(12-11-22)15-17-3-1-4-18(13-17)20(24)25/h1,3-8,13H,2,9-12,14-15H2,(H,24,25). The molecule has 1 aliphatic rings. The molecule has 0 bridgehead atoms. The van der Waals surface area contributed by atoms with Crippen molar-refractivity contribution in [3.8, 4) is 0 Å². The fourth-order valence-corrected chi connectivity index (χ4v) is 3.25. The van der Waals surface area contributed by atoms with Crippen LogP contribution in [0.5, 0.6) is 0 Å². The zero-order valence-electron chi connectivity index (χ0n) is 14.2. The average Bonchev–Trinajstić information content (AvgIpc) is 2.82. The van der Waals surface area contributed by atoms with Crippen molar-refractivity contribution in [3.05, 3.63) is 71.0 Å². The van der Waals surface area contributed by atoms with Crippen LogP contribution in [-0.2, 0) is 13.1 Å². The van der Waals surface area contributed by atoms with Crippen molar-refractivity contribution in [2.24, 2.45) is 0 Å². The van der Waals surface area contributed by atoms with Gasteiger partial charge in [-0.3, -0.25) is 9.80 Å². The number of rotatable bonds is 5. The van der Waals surface area contributed by atoms with E-state index in [2.05, 4.69) is 9.80 Å². The summed E-state index contributed by atoms with van der Waals surface area (Å²) in [6.45, 7) is 5.52. The van der Waals surface area contributed by atoms with E-state index < -0.39 is 5.97 Å². The minimum absolute atomic E-state index is 0.200. The third kappa shape index (κ3) is 5.11. The summed E-state index contributed by atoms with van der Waals surface area (Å²) >= 11 is 0. The summed E-state index contributed by atoms with van der Waals surface area (Å²) in [6.07, 6.45) is 1.07. The fourth-order valence-electron chi connectivity index (χ4n) is 3.25. The van der Waals surface area contributed by atoms with Crippen LogP contribution >= 0.6 is 0 Å². The Balaban J connectivity index is 1.55. The van der Waals surface area contributed by atoms with E-state index in [0.717, 1.165) is 56.8 Å². The van der Waals surface area contributed by atoms with Crippen LogP contribution in [0.1, 0.15) is 27.9 Å². The van der Waals surface area contributed by atoms with E-state index >= 15 is 0 Å². The Labute approximate surface area is 147 Å². The SMILES string of the molecule is O=C(O)c1cccc(CN2CCCN(Cc3ccc(F)cc3)CC2)c1. The lowest BCUT2D eigenvalue weighted by Crippen LogP contribution is -2.30. The molecule has 0 radical (unpaired) electrons. The van der Waals surface area contributed by atoms with Gasteiger partial charge in [0.1, 0.15) is 5.82 Å². The number of carbonyl (C=O) groups is 1. The molecule has 0 spiro atoms. The summed E-state index contributed by atoms with van der Waals surface area (Å²) in [5, 5.41) is 9.11. The van der Waals surface area contributed by atoms with E-state index in [-0.39, 0.29) is 5.82 Å². The highest BCUT2D eigenvalue weighted by molar-refractivity contribution is 5.87. The minimum Gasteiger partial charge on any atom is -0.478 e. The van der Waals surface area contributed by atoms with Crippen molar-refractivity contribution in [1.29, 1.82) is 0 Å². The molecule has 1 heterocycles. The minimum atomic E-state index is -0.886. The maximum Gasteiger partial charge on any atom is 0.335 e. The monoisotopic (exact) mass is 342 g/mol. The lowest BCUT2D eigenvalue weighted by atomic mass is 10.1. The highest BCUT2D eigenvalue weighted by atomic mass is 19.1. The second kappa shape index (κ2) is 8.23. The van der Waals surface area contributed by atoms with Gasteiger partial charge in [0, 0.05) is 26.2 Å². The quantitative estimate of drug-likeness (QED) is 0.906. The van der Waals surface area contributed by atoms with Crippen LogP contribution in [-0.4, -0.2) is 47.1 Å². The number of hydrogen-bond donors (Lipinski definition) is 1. The fraction of sp³-hybridized carbons (Fsp3) is 0.350. The first-order valence-electron chi connectivity index (χ1n) is 8.61. The molecule has 2 aromatic carbocycles. The average molecular weight is 342 g/mol. The second-order valence-electron chi connectivity index (χ2n) is 6.54. The second-order valence-corrected chi connectivity index (χ2v) is 6.54. The zero-order valence-corrected chi connectivity index (χ0v) is 14.2. The van der Waals surface area contributed by atoms with Crippen molar-refractivity contribution in [2.45, 2.75) is 19.5 Å². The van der Waals surface area contributed by atoms with Crippen molar-refractivity contribution in [3.63, 3.8) is 0 Å². The van der Waals surface area contributed by atoms with E-state index in [1.54, 1.807) is 18.2 Å². The Morgan fingerprint density at radius 1 is 0.920 bits per heavy atom. The summed E-state index contributed by atoms with van der Waals surface area (Å²) < 4.78 is 13.0. The number of hydrogen-bond acceptors (Lipinski definition) is 3. The Hall–Kier alpha value is -2.24. The smallest absolute Gasteiger partial charge is 0.335 e. The van der Waals surface area contributed by atoms with Gasteiger partial charge in [-0.25, -0.2) is 9.18 Å². The molecule has 0 saturated carbocycles. The first-order chi connectivity index (χ1) is 12.1. The molecular weight excluding hydrogens is 319 g/mol. The molecule has 3 rings (SSSR count). The topological polar surface area (TPSA) is 43.8 Å². The Bertz CT molecular complexity index is 718. The van der Waals surface area contributed by atoms with Crippen LogP contribution in [0, 0.1) is 5.82 Å². The predicted molar refractivity (Wildman–Crippen MR) is 95.0 cm³/mol. The van der Waals surface area contributed by atoms with Gasteiger partial charge < -0.3 is 5.11 Å². The Morgan fingerprint density at radius 3 is 2.20 bits per heavy atom. The van der Waals surface area contributed by atoms with Crippen LogP contribution in [0.25, 0.3) is 0 Å². The molecule has 25 heavy (non-hydrogen) atoms. The molecule has 132 valence electrons. The van der Waals surface area contributed by atoms with E-state index in [0.29, 0.717) is 5.56 Å². The van der Waals surface area contributed by atoms with Gasteiger partial charge in [0.2, 0.25) is 0 Å². The highest BCUT2D eigenvalue weighted by Gasteiger charge is 2.15. The van der Waals surface area contributed by atoms with E-state index in [1.807, 2.05) is 18.2 Å². The summed E-state index contributed by atoms with van der Waals surface area (Å²) in [5.41, 5.74) is 2.50. The van der Waals surface area contributed by atoms with Gasteiger partial charge in [0.15, 0.2) is 0 Å². The lowest BCUT2D eigenvalue weighted by Gasteiger charge is -2.22. The van der Waals surface area contributed by atoms with Gasteiger partial charge in [-0.1, -0.05) is 24.3 Å². The summed E-state index contributed by atoms with van der Waals surface area (Å²) in [7, 11) is 0. The molecule has 0 unspecified atom stereocenters. The van der Waals surface area contributed by atoms with Crippen molar-refractivity contribution in [1.82, 2.24) is 9.80 Å². The molecule has 0 atom stereocenters. The molecule has 4 nitrogen and oxygen atoms in total. The summed E-state index contributed by atoms with van der Waals surface area (Å²) in [5.74, 6) is -1.09. The Morgan fingerprint density at radius 2 is 1.56 bits per heavy atom. The highest BCUT2D eigenvalue weighted by Crippen LogP contribution is 2.13. The van der Waals surface area contributed by atoms with Gasteiger partial charge in [0.25, 0.3) is 0 Å². The first-order valence-corrected chi connectivity index (χ1v) is 8.61. The van der Waals surface area contributed by atoms with E-state index in [4.69, 9.17) is 5.11 Å². The lowest BCUT2D eigenvalue weighted by molar-refractivity contribution is 0.0696. The van der Waals surface area contributed by atoms with Crippen molar-refractivity contribution in [2.75, 3.05) is 26.2 Å². The third-order valence-electron chi connectivity index (χ3n) is 4.58. The number of carboxylic acids is 1. The maximum atomic E-state index is 13.0. The normalized spacial score (nSPS) is 16.5. The van der Waals surface area contributed by atoms with Crippen molar-refractivity contribution >= 4 is 5.97 Å². The molecule has 1 aliphatic heterocycles. The largest absolute Gasteiger partial charge is 0.478 e. The van der Waals surface area contributed by atoms with Gasteiger partial charge in [-0.15, -0.1) is 0 Å². The molecular formula is C20H23FN2O2. The number of benzene rings is 2. The van der Waals surface area contributed by atoms with Crippen LogP contribution < -0.4 is 0 Å². The molecule has 0 aliphatic carbocycles. The van der Waals surface area contributed by atoms with Crippen LogP contribution in [0.2, 0.25) is 0 Å². The van der Waals surface area contributed by atoms with Crippen LogP contribution in [0.3, 0.4) is 0 Å². The molecule has 0 amide bonds. The molecule has 5 heteroatoms. The first kappa shape index (κ1) is 17.6. The summed E-state index contributed by atoms with van der Waals surface area (Å²) in [4.78, 5) is 15.9. The molecule has 0 aromatic heterocycles. The number of aromatic carboxylic acids is 1. The number of halogens is 1. The number of nitrogens with zero attached hydrogens (tertiary/aromatic N) is 2. The molecule has 1 fully saturated rings. The molecule has 2 aromatic rings. The van der Waals surface area contributed by atoms with Gasteiger partial charge in [-0.2, -0.15) is 0 Å². The van der Waals surface area contributed by atoms with Crippen molar-refractivity contribution < 1.29 is 14.3 Å².